The number of hydrogen-bond acceptors (Lipinski definition) is 5. The molecule has 0 amide bonds. The van der Waals surface area contributed by atoms with Crippen molar-refractivity contribution in [3.8, 4) is 0 Å². The highest BCUT2D eigenvalue weighted by Gasteiger charge is 2.73. The molecule has 1 heterocycles. The fourth-order valence-corrected chi connectivity index (χ4v) is 11.0. The van der Waals surface area contributed by atoms with Gasteiger partial charge in [0.25, 0.3) is 0 Å². The van der Waals surface area contributed by atoms with Crippen LogP contribution in [0.3, 0.4) is 0 Å². The third-order valence-corrected chi connectivity index (χ3v) is 12.5. The fraction of sp³-hybridized carbons (Fsp3) is 0.931. The van der Waals surface area contributed by atoms with E-state index in [1.54, 1.807) is 0 Å². The summed E-state index contributed by atoms with van der Waals surface area (Å²) < 4.78 is 11.9. The molecule has 0 radical (unpaired) electrons. The van der Waals surface area contributed by atoms with E-state index in [4.69, 9.17) is 9.47 Å². The van der Waals surface area contributed by atoms with E-state index in [1.807, 2.05) is 6.92 Å². The van der Waals surface area contributed by atoms with Crippen LogP contribution < -0.4 is 0 Å². The number of carbonyl (C=O) groups excluding carboxylic acids is 2. The average molecular weight is 475 g/mol. The van der Waals surface area contributed by atoms with Gasteiger partial charge >= 0.3 is 11.9 Å². The van der Waals surface area contributed by atoms with E-state index in [1.165, 1.54) is 39.0 Å². The van der Waals surface area contributed by atoms with Gasteiger partial charge in [-0.2, -0.15) is 0 Å². The number of aliphatic hydroxyl groups excluding tert-OH is 1. The van der Waals surface area contributed by atoms with E-state index in [0.29, 0.717) is 23.7 Å². The van der Waals surface area contributed by atoms with Crippen LogP contribution in [-0.4, -0.2) is 35.4 Å². The van der Waals surface area contributed by atoms with Gasteiger partial charge in [-0.15, -0.1) is 0 Å². The summed E-state index contributed by atoms with van der Waals surface area (Å²) in [5, 5.41) is 11.4. The van der Waals surface area contributed by atoms with Crippen molar-refractivity contribution in [3.63, 3.8) is 0 Å². The largest absolute Gasteiger partial charge is 0.462 e. The predicted molar refractivity (Wildman–Crippen MR) is 130 cm³/mol. The maximum Gasteiger partial charge on any atom is 0.310 e. The number of rotatable bonds is 2. The summed E-state index contributed by atoms with van der Waals surface area (Å²) in [7, 11) is 0. The van der Waals surface area contributed by atoms with Gasteiger partial charge in [0.05, 0.1) is 12.0 Å². The van der Waals surface area contributed by atoms with Crippen molar-refractivity contribution in [2.24, 2.45) is 51.2 Å². The van der Waals surface area contributed by atoms with Crippen LogP contribution in [0, 0.1) is 51.2 Å². The van der Waals surface area contributed by atoms with E-state index >= 15 is 0 Å². The first-order chi connectivity index (χ1) is 15.8. The molecule has 5 heteroatoms. The minimum Gasteiger partial charge on any atom is -0.462 e. The molecule has 0 aromatic carbocycles. The molecule has 0 aromatic rings. The van der Waals surface area contributed by atoms with Crippen LogP contribution in [0.4, 0.5) is 0 Å². The summed E-state index contributed by atoms with van der Waals surface area (Å²) >= 11 is 0. The number of carbonyl (C=O) groups is 2. The second kappa shape index (κ2) is 7.70. The molecule has 0 spiro atoms. The van der Waals surface area contributed by atoms with Crippen molar-refractivity contribution in [1.82, 2.24) is 0 Å². The molecule has 4 saturated carbocycles. The Bertz CT molecular complexity index is 871. The molecule has 5 rings (SSSR count). The Hall–Kier alpha value is -1.10. The number of esters is 2. The van der Waals surface area contributed by atoms with Gasteiger partial charge in [0, 0.05) is 18.3 Å². The number of aliphatic hydroxyl groups is 1. The van der Waals surface area contributed by atoms with Crippen LogP contribution in [0.25, 0.3) is 0 Å². The SMILES string of the molecule is CCC1(C)CCCC2(C)C1CCC1(C)C2CC(OC(C)=O)C2(C)C3C(=O)OC(C)C3C(O)CC12. The Labute approximate surface area is 205 Å². The van der Waals surface area contributed by atoms with Crippen molar-refractivity contribution in [1.29, 1.82) is 0 Å². The molecule has 1 aliphatic heterocycles. The average Bonchev–Trinajstić information content (AvgIpc) is 3.06. The van der Waals surface area contributed by atoms with E-state index in [0.717, 1.165) is 12.8 Å². The first-order valence-corrected chi connectivity index (χ1v) is 13.9. The Balaban J connectivity index is 1.63. The summed E-state index contributed by atoms with van der Waals surface area (Å²) in [6, 6.07) is 0. The van der Waals surface area contributed by atoms with Crippen LogP contribution in [0.1, 0.15) is 99.8 Å². The Morgan fingerprint density at radius 3 is 2.38 bits per heavy atom. The molecule has 5 aliphatic rings. The number of cyclic esters (lactones) is 1. The molecule has 0 bridgehead atoms. The second-order valence-corrected chi connectivity index (χ2v) is 13.8. The lowest BCUT2D eigenvalue weighted by atomic mass is 9.33. The summed E-state index contributed by atoms with van der Waals surface area (Å²) in [5.74, 6) is 0.0648. The third kappa shape index (κ3) is 3.00. The van der Waals surface area contributed by atoms with Gasteiger partial charge in [-0.05, 0) is 79.4 Å². The molecule has 4 aliphatic carbocycles. The lowest BCUT2D eigenvalue weighted by Crippen LogP contribution is -2.69. The van der Waals surface area contributed by atoms with Gasteiger partial charge in [-0.1, -0.05) is 47.5 Å². The van der Waals surface area contributed by atoms with Crippen LogP contribution in [-0.2, 0) is 19.1 Å². The molecule has 192 valence electrons. The van der Waals surface area contributed by atoms with Gasteiger partial charge in [0.2, 0.25) is 0 Å². The van der Waals surface area contributed by atoms with Crippen molar-refractivity contribution in [2.75, 3.05) is 0 Å². The van der Waals surface area contributed by atoms with Crippen LogP contribution in [0.5, 0.6) is 0 Å². The van der Waals surface area contributed by atoms with E-state index in [2.05, 4.69) is 34.6 Å². The molecule has 5 nitrogen and oxygen atoms in total. The van der Waals surface area contributed by atoms with Crippen molar-refractivity contribution < 1.29 is 24.2 Å². The van der Waals surface area contributed by atoms with Crippen LogP contribution in [0.2, 0.25) is 0 Å². The van der Waals surface area contributed by atoms with Crippen molar-refractivity contribution in [3.05, 3.63) is 0 Å². The topological polar surface area (TPSA) is 72.8 Å². The highest BCUT2D eigenvalue weighted by atomic mass is 16.6. The highest BCUT2D eigenvalue weighted by Crippen LogP contribution is 2.74. The van der Waals surface area contributed by atoms with Gasteiger partial charge in [-0.25, -0.2) is 0 Å². The van der Waals surface area contributed by atoms with Gasteiger partial charge in [0.15, 0.2) is 0 Å². The lowest BCUT2D eigenvalue weighted by Gasteiger charge is -2.71. The third-order valence-electron chi connectivity index (χ3n) is 12.5. The quantitative estimate of drug-likeness (QED) is 0.533. The lowest BCUT2D eigenvalue weighted by molar-refractivity contribution is -0.263. The summed E-state index contributed by atoms with van der Waals surface area (Å²) in [5.41, 5.74) is 0.0180. The second-order valence-electron chi connectivity index (χ2n) is 13.8. The zero-order valence-electron chi connectivity index (χ0n) is 22.4. The number of fused-ring (bicyclic) bond motifs is 7. The van der Waals surface area contributed by atoms with Crippen LogP contribution in [0.15, 0.2) is 0 Å². The fourth-order valence-electron chi connectivity index (χ4n) is 11.0. The smallest absolute Gasteiger partial charge is 0.310 e. The van der Waals surface area contributed by atoms with Crippen molar-refractivity contribution >= 4 is 11.9 Å². The zero-order chi connectivity index (χ0) is 24.8. The van der Waals surface area contributed by atoms with E-state index in [9.17, 15) is 14.7 Å². The molecule has 0 aromatic heterocycles. The molecule has 34 heavy (non-hydrogen) atoms. The summed E-state index contributed by atoms with van der Waals surface area (Å²) in [6.07, 6.45) is 7.60. The molecule has 1 saturated heterocycles. The predicted octanol–water partition coefficient (Wildman–Crippen LogP) is 5.53. The Morgan fingerprint density at radius 1 is 1.06 bits per heavy atom. The Kier molecular flexibility index (Phi) is 5.57. The standard InChI is InChI=1S/C29H46O5/c1-8-26(4)11-9-12-27(5)19(26)10-13-28(6)20(27)15-22(34-17(3)30)29(7)21(28)14-18(31)23-16(2)33-25(32)24(23)29/h16,18-24,31H,8-15H2,1-7H3. The van der Waals surface area contributed by atoms with Crippen molar-refractivity contribution in [2.45, 2.75) is 118 Å². The first kappa shape index (κ1) is 24.6. The first-order valence-electron chi connectivity index (χ1n) is 13.9. The summed E-state index contributed by atoms with van der Waals surface area (Å²) in [4.78, 5) is 25.7. The summed E-state index contributed by atoms with van der Waals surface area (Å²) in [6.45, 7) is 15.4. The van der Waals surface area contributed by atoms with Gasteiger partial charge in [-0.3, -0.25) is 9.59 Å². The molecule has 1 N–H and O–H groups in total. The van der Waals surface area contributed by atoms with E-state index < -0.39 is 17.4 Å². The zero-order valence-corrected chi connectivity index (χ0v) is 22.4. The minimum absolute atomic E-state index is 0.000693. The number of hydrogen-bond donors (Lipinski definition) is 1. The molecular formula is C29H46O5. The normalized spacial score (nSPS) is 56.4. The molecule has 12 atom stereocenters. The van der Waals surface area contributed by atoms with Gasteiger partial charge in [0.1, 0.15) is 12.2 Å². The maximum absolute atomic E-state index is 13.3. The van der Waals surface area contributed by atoms with Crippen LogP contribution >= 0.6 is 0 Å². The van der Waals surface area contributed by atoms with Gasteiger partial charge < -0.3 is 14.6 Å². The Morgan fingerprint density at radius 2 is 1.74 bits per heavy atom. The highest BCUT2D eigenvalue weighted by molar-refractivity contribution is 5.77. The minimum atomic E-state index is -0.559. The monoisotopic (exact) mass is 474 g/mol. The van der Waals surface area contributed by atoms with E-state index in [-0.39, 0.29) is 46.8 Å². The molecule has 12 unspecified atom stereocenters. The molecular weight excluding hydrogens is 428 g/mol. The number of ether oxygens (including phenoxy) is 2. The maximum atomic E-state index is 13.3. The molecule has 5 fully saturated rings.